The van der Waals surface area contributed by atoms with Crippen molar-refractivity contribution >= 4 is 28.7 Å². The standard InChI is InChI=1S/C14H19N3S/c1-11-6-5-9-13(10-11)16-17-14(18)15-12-7-3-2-4-8-12/h2-4,7-8,11H,5-6,9-10H2,1H3,(H2,15,17,18)/b16-13-. The maximum Gasteiger partial charge on any atom is 0.191 e. The zero-order valence-corrected chi connectivity index (χ0v) is 11.5. The van der Waals surface area contributed by atoms with E-state index >= 15 is 0 Å². The SMILES string of the molecule is CC1CCC/C(=N/NC(=S)Nc2ccccc2)C1. The van der Waals surface area contributed by atoms with E-state index in [1.165, 1.54) is 18.6 Å². The van der Waals surface area contributed by atoms with E-state index in [9.17, 15) is 0 Å². The van der Waals surface area contributed by atoms with Gasteiger partial charge in [0, 0.05) is 11.4 Å². The van der Waals surface area contributed by atoms with Crippen LogP contribution in [0.1, 0.15) is 32.6 Å². The minimum absolute atomic E-state index is 0.548. The first-order valence-electron chi connectivity index (χ1n) is 6.41. The summed E-state index contributed by atoms with van der Waals surface area (Å²) in [6.07, 6.45) is 4.72. The second-order valence-corrected chi connectivity index (χ2v) is 5.22. The number of nitrogens with zero attached hydrogens (tertiary/aromatic N) is 1. The molecule has 1 aromatic rings. The molecule has 2 rings (SSSR count). The van der Waals surface area contributed by atoms with E-state index in [-0.39, 0.29) is 0 Å². The molecule has 1 aliphatic rings. The van der Waals surface area contributed by atoms with Crippen molar-refractivity contribution in [2.24, 2.45) is 11.0 Å². The van der Waals surface area contributed by atoms with Gasteiger partial charge >= 0.3 is 0 Å². The summed E-state index contributed by atoms with van der Waals surface area (Å²) < 4.78 is 0. The Morgan fingerprint density at radius 2 is 2.11 bits per heavy atom. The number of rotatable bonds is 2. The summed E-state index contributed by atoms with van der Waals surface area (Å²) in [6.45, 7) is 2.27. The lowest BCUT2D eigenvalue weighted by molar-refractivity contribution is 0.498. The van der Waals surface area contributed by atoms with Gasteiger partial charge in [0.05, 0.1) is 0 Å². The maximum absolute atomic E-state index is 5.20. The van der Waals surface area contributed by atoms with Gasteiger partial charge in [-0.15, -0.1) is 0 Å². The van der Waals surface area contributed by atoms with Crippen LogP contribution in [0, 0.1) is 5.92 Å². The zero-order chi connectivity index (χ0) is 12.8. The molecule has 96 valence electrons. The van der Waals surface area contributed by atoms with Crippen LogP contribution in [-0.2, 0) is 0 Å². The molecule has 0 aliphatic heterocycles. The highest BCUT2D eigenvalue weighted by atomic mass is 32.1. The molecular weight excluding hydrogens is 242 g/mol. The Balaban J connectivity index is 1.83. The number of thiocarbonyl (C=S) groups is 1. The lowest BCUT2D eigenvalue weighted by atomic mass is 9.89. The summed E-state index contributed by atoms with van der Waals surface area (Å²) in [5.74, 6) is 0.745. The molecule has 0 spiro atoms. The number of benzene rings is 1. The highest BCUT2D eigenvalue weighted by molar-refractivity contribution is 7.80. The molecule has 4 heteroatoms. The molecule has 3 nitrogen and oxygen atoms in total. The topological polar surface area (TPSA) is 36.4 Å². The summed E-state index contributed by atoms with van der Waals surface area (Å²) >= 11 is 5.20. The first-order chi connectivity index (χ1) is 8.74. The van der Waals surface area contributed by atoms with E-state index in [1.807, 2.05) is 30.3 Å². The molecule has 0 aromatic heterocycles. The normalized spacial score (nSPS) is 21.6. The van der Waals surface area contributed by atoms with Gasteiger partial charge in [-0.05, 0) is 56.0 Å². The fourth-order valence-corrected chi connectivity index (χ4v) is 2.34. The molecule has 1 atom stereocenters. The van der Waals surface area contributed by atoms with E-state index in [4.69, 9.17) is 12.2 Å². The van der Waals surface area contributed by atoms with Crippen LogP contribution in [0.3, 0.4) is 0 Å². The molecule has 0 bridgehead atoms. The fraction of sp³-hybridized carbons (Fsp3) is 0.429. The first-order valence-corrected chi connectivity index (χ1v) is 6.82. The molecule has 0 heterocycles. The summed E-state index contributed by atoms with van der Waals surface area (Å²) in [7, 11) is 0. The van der Waals surface area contributed by atoms with Crippen molar-refractivity contribution < 1.29 is 0 Å². The number of anilines is 1. The van der Waals surface area contributed by atoms with Gasteiger partial charge in [-0.3, -0.25) is 5.43 Å². The van der Waals surface area contributed by atoms with E-state index < -0.39 is 0 Å². The Hall–Kier alpha value is -1.42. The van der Waals surface area contributed by atoms with Crippen LogP contribution >= 0.6 is 12.2 Å². The van der Waals surface area contributed by atoms with Crippen molar-refractivity contribution in [1.82, 2.24) is 5.43 Å². The quantitative estimate of drug-likeness (QED) is 0.631. The molecule has 1 unspecified atom stereocenters. The summed E-state index contributed by atoms with van der Waals surface area (Å²) in [6, 6.07) is 9.87. The van der Waals surface area contributed by atoms with Crippen LogP contribution in [-0.4, -0.2) is 10.8 Å². The van der Waals surface area contributed by atoms with Gasteiger partial charge in [0.25, 0.3) is 0 Å². The van der Waals surface area contributed by atoms with Crippen molar-refractivity contribution in [2.45, 2.75) is 32.6 Å². The molecule has 0 radical (unpaired) electrons. The largest absolute Gasteiger partial charge is 0.331 e. The van der Waals surface area contributed by atoms with E-state index in [0.717, 1.165) is 24.4 Å². The van der Waals surface area contributed by atoms with Gasteiger partial charge in [0.15, 0.2) is 5.11 Å². The number of hydrazone groups is 1. The lowest BCUT2D eigenvalue weighted by Gasteiger charge is -2.19. The highest BCUT2D eigenvalue weighted by Gasteiger charge is 2.13. The van der Waals surface area contributed by atoms with Gasteiger partial charge in [0.2, 0.25) is 0 Å². The third-order valence-corrected chi connectivity index (χ3v) is 3.29. The number of hydrogen-bond donors (Lipinski definition) is 2. The van der Waals surface area contributed by atoms with Crippen molar-refractivity contribution in [3.05, 3.63) is 30.3 Å². The number of nitrogens with one attached hydrogen (secondary N) is 2. The van der Waals surface area contributed by atoms with Crippen molar-refractivity contribution in [3.8, 4) is 0 Å². The lowest BCUT2D eigenvalue weighted by Crippen LogP contribution is -2.26. The molecule has 0 amide bonds. The molecule has 1 saturated carbocycles. The Morgan fingerprint density at radius 3 is 2.83 bits per heavy atom. The molecule has 18 heavy (non-hydrogen) atoms. The molecule has 1 fully saturated rings. The van der Waals surface area contributed by atoms with Crippen LogP contribution in [0.4, 0.5) is 5.69 Å². The monoisotopic (exact) mass is 261 g/mol. The van der Waals surface area contributed by atoms with Gasteiger partial charge in [-0.25, -0.2) is 0 Å². The minimum atomic E-state index is 0.548. The van der Waals surface area contributed by atoms with Crippen LogP contribution in [0.25, 0.3) is 0 Å². The second kappa shape index (κ2) is 6.50. The second-order valence-electron chi connectivity index (χ2n) is 4.81. The number of para-hydroxylation sites is 1. The predicted molar refractivity (Wildman–Crippen MR) is 80.9 cm³/mol. The maximum atomic E-state index is 5.20. The van der Waals surface area contributed by atoms with Crippen molar-refractivity contribution in [1.29, 1.82) is 0 Å². The molecule has 1 aliphatic carbocycles. The highest BCUT2D eigenvalue weighted by Crippen LogP contribution is 2.20. The van der Waals surface area contributed by atoms with Crippen molar-refractivity contribution in [3.63, 3.8) is 0 Å². The third kappa shape index (κ3) is 4.11. The first kappa shape index (κ1) is 13.0. The van der Waals surface area contributed by atoms with Crippen LogP contribution < -0.4 is 10.7 Å². The molecule has 0 saturated heterocycles. The molecular formula is C14H19N3S. The number of hydrogen-bond acceptors (Lipinski definition) is 2. The van der Waals surface area contributed by atoms with Gasteiger partial charge in [-0.1, -0.05) is 25.1 Å². The van der Waals surface area contributed by atoms with E-state index in [1.54, 1.807) is 0 Å². The molecule has 1 aromatic carbocycles. The van der Waals surface area contributed by atoms with E-state index in [2.05, 4.69) is 22.8 Å². The predicted octanol–water partition coefficient (Wildman–Crippen LogP) is 3.54. The average Bonchev–Trinajstić information content (AvgIpc) is 2.38. The molecule has 2 N–H and O–H groups in total. The Bertz CT molecular complexity index is 428. The Morgan fingerprint density at radius 1 is 1.33 bits per heavy atom. The van der Waals surface area contributed by atoms with Gasteiger partial charge in [-0.2, -0.15) is 5.10 Å². The van der Waals surface area contributed by atoms with Crippen LogP contribution in [0.5, 0.6) is 0 Å². The Kier molecular flexibility index (Phi) is 4.70. The van der Waals surface area contributed by atoms with Crippen LogP contribution in [0.2, 0.25) is 0 Å². The van der Waals surface area contributed by atoms with Crippen molar-refractivity contribution in [2.75, 3.05) is 5.32 Å². The van der Waals surface area contributed by atoms with Crippen LogP contribution in [0.15, 0.2) is 35.4 Å². The van der Waals surface area contributed by atoms with Gasteiger partial charge < -0.3 is 5.32 Å². The third-order valence-electron chi connectivity index (χ3n) is 3.09. The smallest absolute Gasteiger partial charge is 0.191 e. The van der Waals surface area contributed by atoms with E-state index in [0.29, 0.717) is 5.11 Å². The minimum Gasteiger partial charge on any atom is -0.331 e. The Labute approximate surface area is 114 Å². The summed E-state index contributed by atoms with van der Waals surface area (Å²) in [5.41, 5.74) is 5.14. The average molecular weight is 261 g/mol. The summed E-state index contributed by atoms with van der Waals surface area (Å²) in [4.78, 5) is 0. The zero-order valence-electron chi connectivity index (χ0n) is 10.6. The van der Waals surface area contributed by atoms with Gasteiger partial charge in [0.1, 0.15) is 0 Å². The fourth-order valence-electron chi connectivity index (χ4n) is 2.17. The summed E-state index contributed by atoms with van der Waals surface area (Å²) in [5, 5.41) is 8.05.